The van der Waals surface area contributed by atoms with Gasteiger partial charge in [0.2, 0.25) is 0 Å². The molecule has 0 aliphatic carbocycles. The Morgan fingerprint density at radius 1 is 1.47 bits per heavy atom. The van der Waals surface area contributed by atoms with E-state index in [1.807, 2.05) is 12.1 Å². The van der Waals surface area contributed by atoms with Crippen LogP contribution in [0.4, 0.5) is 11.5 Å². The van der Waals surface area contributed by atoms with Gasteiger partial charge < -0.3 is 11.5 Å². The normalized spacial score (nSPS) is 11.4. The summed E-state index contributed by atoms with van der Waals surface area (Å²) >= 11 is 1.17. The number of hydrogen-bond donors (Lipinski definition) is 2. The first kappa shape index (κ1) is 11.2. The molecule has 0 bridgehead atoms. The lowest BCUT2D eigenvalue weighted by atomic mass is 10.2. The predicted octanol–water partition coefficient (Wildman–Crippen LogP) is 1.12. The summed E-state index contributed by atoms with van der Waals surface area (Å²) in [6.45, 7) is 1.72. The monoisotopic (exact) mass is 219 g/mol. The summed E-state index contributed by atoms with van der Waals surface area (Å²) in [6, 6.07) is 5.41. The van der Waals surface area contributed by atoms with Crippen molar-refractivity contribution in [3.63, 3.8) is 0 Å². The molecule has 1 rings (SSSR count). The number of nitrogens with two attached hydrogens (primary N) is 2. The van der Waals surface area contributed by atoms with Gasteiger partial charge in [-0.15, -0.1) is 0 Å². The van der Waals surface area contributed by atoms with Crippen LogP contribution in [-0.2, 0) is 0 Å². The second-order valence-electron chi connectivity index (χ2n) is 2.82. The van der Waals surface area contributed by atoms with E-state index in [4.69, 9.17) is 22.0 Å². The molecule has 0 aromatic carbocycles. The van der Waals surface area contributed by atoms with Crippen LogP contribution >= 0.6 is 11.8 Å². The van der Waals surface area contributed by atoms with Gasteiger partial charge in [0.25, 0.3) is 0 Å². The fourth-order valence-electron chi connectivity index (χ4n) is 0.952. The zero-order chi connectivity index (χ0) is 11.4. The van der Waals surface area contributed by atoms with Gasteiger partial charge in [-0.25, -0.2) is 4.98 Å². The van der Waals surface area contributed by atoms with E-state index in [-0.39, 0.29) is 22.3 Å². The Kier molecular flexibility index (Phi) is 3.37. The third kappa shape index (κ3) is 2.52. The molecule has 4 N–H and O–H groups in total. The molecule has 6 heteroatoms. The van der Waals surface area contributed by atoms with Crippen LogP contribution in [0.25, 0.3) is 0 Å². The van der Waals surface area contributed by atoms with E-state index in [2.05, 4.69) is 4.98 Å². The molecule has 5 nitrogen and oxygen atoms in total. The zero-order valence-corrected chi connectivity index (χ0v) is 8.88. The second kappa shape index (κ2) is 4.54. The molecule has 1 aromatic rings. The molecule has 0 saturated heterocycles. The van der Waals surface area contributed by atoms with Gasteiger partial charge in [0, 0.05) is 6.07 Å². The summed E-state index contributed by atoms with van der Waals surface area (Å²) in [6.07, 6.45) is 0. The maximum atomic E-state index is 8.87. The lowest BCUT2D eigenvalue weighted by molar-refractivity contribution is 1.11. The fraction of sp³-hybridized carbons (Fsp3) is 0.222. The summed E-state index contributed by atoms with van der Waals surface area (Å²) in [7, 11) is 0. The van der Waals surface area contributed by atoms with Crippen molar-refractivity contribution in [3.8, 4) is 12.1 Å². The molecule has 76 valence electrons. The van der Waals surface area contributed by atoms with Gasteiger partial charge in [-0.3, -0.25) is 0 Å². The minimum atomic E-state index is -0.300. The first-order valence-corrected chi connectivity index (χ1v) is 4.98. The van der Waals surface area contributed by atoms with Crippen LogP contribution in [0, 0.1) is 22.7 Å². The number of nitriles is 2. The van der Waals surface area contributed by atoms with E-state index in [1.54, 1.807) is 6.92 Å². The molecule has 15 heavy (non-hydrogen) atoms. The molecular formula is C9H9N5S. The van der Waals surface area contributed by atoms with Crippen molar-refractivity contribution in [2.75, 3.05) is 11.5 Å². The molecular weight excluding hydrogens is 210 g/mol. The molecule has 1 atom stereocenters. The molecule has 1 aromatic heterocycles. The highest BCUT2D eigenvalue weighted by atomic mass is 32.2. The minimum absolute atomic E-state index is 0.249. The van der Waals surface area contributed by atoms with E-state index in [0.717, 1.165) is 0 Å². The summed E-state index contributed by atoms with van der Waals surface area (Å²) in [5.74, 6) is 0.249. The Hall–Kier alpha value is -1.92. The first-order valence-electron chi connectivity index (χ1n) is 4.10. The van der Waals surface area contributed by atoms with Crippen molar-refractivity contribution >= 4 is 23.3 Å². The van der Waals surface area contributed by atoms with Crippen LogP contribution in [0.5, 0.6) is 0 Å². The number of anilines is 2. The van der Waals surface area contributed by atoms with Gasteiger partial charge in [0.1, 0.15) is 22.5 Å². The van der Waals surface area contributed by atoms with Crippen LogP contribution < -0.4 is 11.5 Å². The number of thioether (sulfide) groups is 1. The quantitative estimate of drug-likeness (QED) is 0.721. The van der Waals surface area contributed by atoms with Crippen molar-refractivity contribution in [2.45, 2.75) is 17.2 Å². The molecule has 0 aliphatic heterocycles. The Morgan fingerprint density at radius 3 is 2.67 bits per heavy atom. The number of nitrogen functional groups attached to an aromatic ring is 2. The summed E-state index contributed by atoms with van der Waals surface area (Å²) < 4.78 is 0. The van der Waals surface area contributed by atoms with Crippen LogP contribution in [-0.4, -0.2) is 10.2 Å². The third-order valence-electron chi connectivity index (χ3n) is 1.62. The summed E-state index contributed by atoms with van der Waals surface area (Å²) in [5.41, 5.74) is 11.7. The largest absolute Gasteiger partial charge is 0.397 e. The van der Waals surface area contributed by atoms with Crippen molar-refractivity contribution in [1.82, 2.24) is 4.98 Å². The Balaban J connectivity index is 3.18. The number of nitrogens with zero attached hydrogens (tertiary/aromatic N) is 3. The topological polar surface area (TPSA) is 113 Å². The molecule has 0 fully saturated rings. The maximum absolute atomic E-state index is 8.87. The van der Waals surface area contributed by atoms with Gasteiger partial charge >= 0.3 is 0 Å². The van der Waals surface area contributed by atoms with E-state index in [0.29, 0.717) is 5.03 Å². The smallest absolute Gasteiger partial charge is 0.126 e. The van der Waals surface area contributed by atoms with Gasteiger partial charge in [-0.1, -0.05) is 11.8 Å². The molecule has 0 saturated carbocycles. The van der Waals surface area contributed by atoms with Crippen LogP contribution in [0.15, 0.2) is 11.1 Å². The van der Waals surface area contributed by atoms with E-state index < -0.39 is 0 Å². The predicted molar refractivity (Wildman–Crippen MR) is 58.7 cm³/mol. The lowest BCUT2D eigenvalue weighted by Gasteiger charge is -2.07. The zero-order valence-electron chi connectivity index (χ0n) is 8.06. The first-order chi connectivity index (χ1) is 7.08. The van der Waals surface area contributed by atoms with Crippen LogP contribution in [0.2, 0.25) is 0 Å². The van der Waals surface area contributed by atoms with Crippen molar-refractivity contribution in [1.29, 1.82) is 10.5 Å². The van der Waals surface area contributed by atoms with Crippen LogP contribution in [0.3, 0.4) is 0 Å². The van der Waals surface area contributed by atoms with E-state index in [9.17, 15) is 0 Å². The molecule has 1 unspecified atom stereocenters. The van der Waals surface area contributed by atoms with Gasteiger partial charge in [-0.2, -0.15) is 10.5 Å². The molecule has 0 aliphatic rings. The number of rotatable bonds is 2. The van der Waals surface area contributed by atoms with E-state index >= 15 is 0 Å². The summed E-state index contributed by atoms with van der Waals surface area (Å²) in [4.78, 5) is 3.98. The van der Waals surface area contributed by atoms with Crippen LogP contribution in [0.1, 0.15) is 12.5 Å². The average molecular weight is 219 g/mol. The van der Waals surface area contributed by atoms with Crippen molar-refractivity contribution in [2.24, 2.45) is 0 Å². The minimum Gasteiger partial charge on any atom is -0.397 e. The van der Waals surface area contributed by atoms with Gasteiger partial charge in [0.15, 0.2) is 0 Å². The Bertz CT molecular complexity index is 457. The van der Waals surface area contributed by atoms with Crippen molar-refractivity contribution in [3.05, 3.63) is 11.6 Å². The Labute approximate surface area is 91.7 Å². The number of aromatic nitrogens is 1. The molecule has 0 radical (unpaired) electrons. The number of hydrogen-bond acceptors (Lipinski definition) is 6. The fourth-order valence-corrected chi connectivity index (χ4v) is 1.78. The molecule has 0 spiro atoms. The lowest BCUT2D eigenvalue weighted by Crippen LogP contribution is -2.02. The van der Waals surface area contributed by atoms with E-state index in [1.165, 1.54) is 17.8 Å². The Morgan fingerprint density at radius 2 is 2.13 bits per heavy atom. The highest BCUT2D eigenvalue weighted by molar-refractivity contribution is 8.00. The average Bonchev–Trinajstić information content (AvgIpc) is 2.17. The second-order valence-corrected chi connectivity index (χ2v) is 4.15. The SMILES string of the molecule is CC(C#N)Sc1nc(N)cc(N)c1C#N. The van der Waals surface area contributed by atoms with Gasteiger partial charge in [-0.05, 0) is 6.92 Å². The van der Waals surface area contributed by atoms with Gasteiger partial charge in [0.05, 0.1) is 17.0 Å². The molecule has 0 amide bonds. The number of pyridine rings is 1. The highest BCUT2D eigenvalue weighted by Crippen LogP contribution is 2.28. The highest BCUT2D eigenvalue weighted by Gasteiger charge is 2.13. The molecule has 1 heterocycles. The third-order valence-corrected chi connectivity index (χ3v) is 2.60. The maximum Gasteiger partial charge on any atom is 0.126 e. The summed E-state index contributed by atoms with van der Waals surface area (Å²) in [5, 5.41) is 17.6. The standard InChI is InChI=1S/C9H9N5S/c1-5(3-10)15-9-6(4-11)7(12)2-8(13)14-9/h2,5H,1H3,(H4,12,13,14). The van der Waals surface area contributed by atoms with Crippen molar-refractivity contribution < 1.29 is 0 Å².